The third kappa shape index (κ3) is 2.12. The van der Waals surface area contributed by atoms with Crippen LogP contribution in [0.5, 0.6) is 0 Å². The van der Waals surface area contributed by atoms with Crippen molar-refractivity contribution in [3.8, 4) is 0 Å². The first-order chi connectivity index (χ1) is 8.04. The second-order valence-corrected chi connectivity index (χ2v) is 5.46. The van der Waals surface area contributed by atoms with Crippen LogP contribution in [0.15, 0.2) is 6.20 Å². The Bertz CT molecular complexity index is 507. The zero-order chi connectivity index (χ0) is 12.6. The summed E-state index contributed by atoms with van der Waals surface area (Å²) in [5.74, 6) is 0. The van der Waals surface area contributed by atoms with E-state index in [9.17, 15) is 0 Å². The maximum absolute atomic E-state index is 4.63. The summed E-state index contributed by atoms with van der Waals surface area (Å²) in [6.45, 7) is 6.25. The van der Waals surface area contributed by atoms with E-state index in [0.717, 1.165) is 10.7 Å². The first-order valence-electron chi connectivity index (χ1n) is 5.64. The van der Waals surface area contributed by atoms with E-state index in [1.807, 2.05) is 25.0 Å². The fraction of sp³-hybridized carbons (Fsp3) is 0.500. The van der Waals surface area contributed by atoms with Crippen LogP contribution in [0.3, 0.4) is 0 Å². The lowest BCUT2D eigenvalue weighted by molar-refractivity contribution is 0.673. The van der Waals surface area contributed by atoms with Gasteiger partial charge in [0.2, 0.25) is 0 Å². The first-order valence-corrected chi connectivity index (χ1v) is 6.46. The van der Waals surface area contributed by atoms with E-state index in [1.54, 1.807) is 11.3 Å². The molecule has 0 spiro atoms. The summed E-state index contributed by atoms with van der Waals surface area (Å²) in [5.41, 5.74) is 3.49. The molecule has 0 fully saturated rings. The average molecular weight is 250 g/mol. The zero-order valence-corrected chi connectivity index (χ0v) is 11.7. The Morgan fingerprint density at radius 3 is 2.47 bits per heavy atom. The van der Waals surface area contributed by atoms with Gasteiger partial charge in [0.1, 0.15) is 5.01 Å². The van der Waals surface area contributed by atoms with Crippen LogP contribution in [0.4, 0.5) is 0 Å². The van der Waals surface area contributed by atoms with Gasteiger partial charge in [-0.15, -0.1) is 11.3 Å². The van der Waals surface area contributed by atoms with E-state index >= 15 is 0 Å². The SMILES string of the molecule is CNC(c1nc(C)c(C)s1)c1cnn(C)c1C. The van der Waals surface area contributed by atoms with Crippen LogP contribution in [0.2, 0.25) is 0 Å². The van der Waals surface area contributed by atoms with Crippen molar-refractivity contribution in [2.24, 2.45) is 7.05 Å². The van der Waals surface area contributed by atoms with Crippen molar-refractivity contribution in [2.75, 3.05) is 7.05 Å². The Hall–Kier alpha value is -1.20. The third-order valence-electron chi connectivity index (χ3n) is 3.16. The lowest BCUT2D eigenvalue weighted by Crippen LogP contribution is -2.18. The van der Waals surface area contributed by atoms with Crippen molar-refractivity contribution < 1.29 is 0 Å². The summed E-state index contributed by atoms with van der Waals surface area (Å²) in [6, 6.07) is 0.140. The molecule has 0 amide bonds. The van der Waals surface area contributed by atoms with Gasteiger partial charge in [0, 0.05) is 23.2 Å². The second kappa shape index (κ2) is 4.58. The molecule has 17 heavy (non-hydrogen) atoms. The topological polar surface area (TPSA) is 42.7 Å². The van der Waals surface area contributed by atoms with Crippen LogP contribution in [0.25, 0.3) is 0 Å². The molecule has 5 heteroatoms. The average Bonchev–Trinajstić information content (AvgIpc) is 2.78. The number of aryl methyl sites for hydroxylation is 3. The van der Waals surface area contributed by atoms with Crippen LogP contribution in [0, 0.1) is 20.8 Å². The van der Waals surface area contributed by atoms with Crippen molar-refractivity contribution in [1.29, 1.82) is 0 Å². The lowest BCUT2D eigenvalue weighted by Gasteiger charge is -2.12. The predicted molar refractivity (Wildman–Crippen MR) is 70.4 cm³/mol. The van der Waals surface area contributed by atoms with E-state index in [0.29, 0.717) is 0 Å². The van der Waals surface area contributed by atoms with Crippen molar-refractivity contribution in [3.05, 3.63) is 33.0 Å². The Morgan fingerprint density at radius 1 is 1.35 bits per heavy atom. The van der Waals surface area contributed by atoms with Crippen LogP contribution in [0.1, 0.15) is 32.9 Å². The minimum Gasteiger partial charge on any atom is -0.307 e. The number of nitrogens with zero attached hydrogens (tertiary/aromatic N) is 3. The van der Waals surface area contributed by atoms with Crippen molar-refractivity contribution in [3.63, 3.8) is 0 Å². The molecule has 4 nitrogen and oxygen atoms in total. The Morgan fingerprint density at radius 2 is 2.06 bits per heavy atom. The Kier molecular flexibility index (Phi) is 3.31. The van der Waals surface area contributed by atoms with E-state index < -0.39 is 0 Å². The molecule has 2 rings (SSSR count). The molecule has 0 aliphatic rings. The first kappa shape index (κ1) is 12.3. The van der Waals surface area contributed by atoms with Crippen molar-refractivity contribution >= 4 is 11.3 Å². The van der Waals surface area contributed by atoms with Gasteiger partial charge in [0.15, 0.2) is 0 Å². The Labute approximate surface area is 106 Å². The van der Waals surface area contributed by atoms with Gasteiger partial charge in [-0.1, -0.05) is 0 Å². The minimum atomic E-state index is 0.140. The number of aromatic nitrogens is 3. The highest BCUT2D eigenvalue weighted by Gasteiger charge is 2.20. The molecule has 1 atom stereocenters. The quantitative estimate of drug-likeness (QED) is 0.907. The van der Waals surface area contributed by atoms with Gasteiger partial charge in [0.05, 0.1) is 17.9 Å². The summed E-state index contributed by atoms with van der Waals surface area (Å²) in [6.07, 6.45) is 1.92. The van der Waals surface area contributed by atoms with Gasteiger partial charge in [-0.25, -0.2) is 4.98 Å². The lowest BCUT2D eigenvalue weighted by atomic mass is 10.1. The molecule has 0 aliphatic heterocycles. The van der Waals surface area contributed by atoms with Crippen LogP contribution in [-0.2, 0) is 7.05 Å². The van der Waals surface area contributed by atoms with Gasteiger partial charge in [-0.05, 0) is 27.8 Å². The summed E-state index contributed by atoms with van der Waals surface area (Å²) >= 11 is 1.75. The molecule has 1 unspecified atom stereocenters. The molecule has 2 heterocycles. The van der Waals surface area contributed by atoms with Crippen LogP contribution in [-0.4, -0.2) is 21.8 Å². The van der Waals surface area contributed by atoms with Crippen molar-refractivity contribution in [2.45, 2.75) is 26.8 Å². The summed E-state index contributed by atoms with van der Waals surface area (Å²) in [5, 5.41) is 8.73. The van der Waals surface area contributed by atoms with E-state index in [-0.39, 0.29) is 6.04 Å². The molecule has 1 N–H and O–H groups in total. The molecule has 0 aliphatic carbocycles. The number of rotatable bonds is 3. The highest BCUT2D eigenvalue weighted by molar-refractivity contribution is 7.11. The van der Waals surface area contributed by atoms with Gasteiger partial charge in [0.25, 0.3) is 0 Å². The van der Waals surface area contributed by atoms with Crippen LogP contribution >= 0.6 is 11.3 Å². The fourth-order valence-corrected chi connectivity index (χ4v) is 2.88. The highest BCUT2D eigenvalue weighted by atomic mass is 32.1. The maximum atomic E-state index is 4.63. The van der Waals surface area contributed by atoms with Gasteiger partial charge >= 0.3 is 0 Å². The fourth-order valence-electron chi connectivity index (χ4n) is 1.83. The number of hydrogen-bond acceptors (Lipinski definition) is 4. The normalized spacial score (nSPS) is 13.0. The van der Waals surface area contributed by atoms with Crippen molar-refractivity contribution in [1.82, 2.24) is 20.1 Å². The van der Waals surface area contributed by atoms with E-state index in [4.69, 9.17) is 0 Å². The molecule has 0 saturated carbocycles. The van der Waals surface area contributed by atoms with E-state index in [1.165, 1.54) is 16.1 Å². The van der Waals surface area contributed by atoms with E-state index in [2.05, 4.69) is 36.2 Å². The summed E-state index contributed by atoms with van der Waals surface area (Å²) < 4.78 is 1.90. The predicted octanol–water partition coefficient (Wildman–Crippen LogP) is 2.11. The number of hydrogen-bond donors (Lipinski definition) is 1. The zero-order valence-electron chi connectivity index (χ0n) is 10.9. The monoisotopic (exact) mass is 250 g/mol. The maximum Gasteiger partial charge on any atom is 0.115 e. The molecule has 2 aromatic heterocycles. The van der Waals surface area contributed by atoms with Gasteiger partial charge in [-0.2, -0.15) is 5.10 Å². The number of nitrogens with one attached hydrogen (secondary N) is 1. The smallest absolute Gasteiger partial charge is 0.115 e. The number of thiazole rings is 1. The molecule has 0 bridgehead atoms. The molecule has 0 saturated heterocycles. The summed E-state index contributed by atoms with van der Waals surface area (Å²) in [4.78, 5) is 5.91. The molecular weight excluding hydrogens is 232 g/mol. The van der Waals surface area contributed by atoms with Gasteiger partial charge < -0.3 is 5.32 Å². The summed E-state index contributed by atoms with van der Waals surface area (Å²) in [7, 11) is 3.92. The largest absolute Gasteiger partial charge is 0.307 e. The third-order valence-corrected chi connectivity index (χ3v) is 4.30. The molecule has 0 aromatic carbocycles. The highest BCUT2D eigenvalue weighted by Crippen LogP contribution is 2.28. The minimum absolute atomic E-state index is 0.140. The Balaban J connectivity index is 2.43. The molecule has 2 aromatic rings. The standard InChI is InChI=1S/C12H18N4S/c1-7-9(3)17-12(15-7)11(13-4)10-6-14-16(5)8(10)2/h6,11,13H,1-5H3. The molecular formula is C12H18N4S. The van der Waals surface area contributed by atoms with Crippen LogP contribution < -0.4 is 5.32 Å². The van der Waals surface area contributed by atoms with Gasteiger partial charge in [-0.3, -0.25) is 4.68 Å². The second-order valence-electron chi connectivity index (χ2n) is 4.22. The molecule has 0 radical (unpaired) electrons. The molecule has 92 valence electrons.